The molecular formula is C35H37F7N4O6. The monoisotopic (exact) mass is 742 g/mol. The predicted molar refractivity (Wildman–Crippen MR) is 172 cm³/mol. The summed E-state index contributed by atoms with van der Waals surface area (Å²) in [6, 6.07) is 6.93. The fourth-order valence-electron chi connectivity index (χ4n) is 5.43. The summed E-state index contributed by atoms with van der Waals surface area (Å²) < 4.78 is 111. The van der Waals surface area contributed by atoms with Crippen LogP contribution in [0.5, 0.6) is 0 Å². The normalized spacial score (nSPS) is 16.9. The van der Waals surface area contributed by atoms with Gasteiger partial charge in [-0.1, -0.05) is 12.1 Å². The number of benzene rings is 2. The summed E-state index contributed by atoms with van der Waals surface area (Å²) in [7, 11) is 0. The lowest BCUT2D eigenvalue weighted by molar-refractivity contribution is -0.124. The number of halogens is 7. The van der Waals surface area contributed by atoms with Gasteiger partial charge in [-0.25, -0.2) is 27.2 Å². The van der Waals surface area contributed by atoms with Gasteiger partial charge < -0.3 is 24.8 Å². The molecule has 1 saturated heterocycles. The Hall–Kier alpha value is -4.93. The molecule has 0 unspecified atom stereocenters. The smallest absolute Gasteiger partial charge is 0.410 e. The molecule has 0 saturated carbocycles. The number of carbonyl (C=O) groups is 3. The molecule has 282 valence electrons. The number of aromatic nitrogens is 1. The summed E-state index contributed by atoms with van der Waals surface area (Å²) in [6.07, 6.45) is -5.66. The van der Waals surface area contributed by atoms with E-state index in [9.17, 15) is 40.7 Å². The number of alkyl halides is 3. The Morgan fingerprint density at radius 1 is 0.962 bits per heavy atom. The number of morpholine rings is 1. The third-order valence-electron chi connectivity index (χ3n) is 7.78. The van der Waals surface area contributed by atoms with Gasteiger partial charge in [-0.15, -0.1) is 0 Å². The Labute approximate surface area is 294 Å². The number of rotatable bonds is 11. The number of pyridine rings is 1. The van der Waals surface area contributed by atoms with Crippen LogP contribution in [0.2, 0.25) is 0 Å². The molecular weight excluding hydrogens is 705 g/mol. The Kier molecular flexibility index (Phi) is 13.1. The molecule has 10 nitrogen and oxygen atoms in total. The number of hydrogen-bond donors (Lipinski definition) is 2. The Bertz CT molecular complexity index is 1700. The molecule has 2 aromatic carbocycles. The van der Waals surface area contributed by atoms with Crippen molar-refractivity contribution in [2.24, 2.45) is 0 Å². The van der Waals surface area contributed by atoms with Crippen molar-refractivity contribution in [1.29, 1.82) is 0 Å². The van der Waals surface area contributed by atoms with E-state index in [0.29, 0.717) is 11.6 Å². The average Bonchev–Trinajstić information content (AvgIpc) is 3.04. The molecule has 1 aliphatic rings. The van der Waals surface area contributed by atoms with E-state index >= 15 is 4.39 Å². The molecule has 0 spiro atoms. The number of ether oxygens (including phenoxy) is 3. The lowest BCUT2D eigenvalue weighted by Crippen LogP contribution is -2.55. The molecule has 2 heterocycles. The largest absolute Gasteiger partial charge is 0.447 e. The first-order chi connectivity index (χ1) is 24.4. The SMILES string of the molecule is CC(C)(C)OC(=O)N1C[C@@H](CCc2c(F)cncc2NC(=O)C[C@@H](c2ccc(F)cc2)c2cc(F)cc(F)c2)OC[C@H]1COC(=O)NCC(F)(F)F. The number of carbonyl (C=O) groups excluding carboxylic acids is 3. The van der Waals surface area contributed by atoms with Gasteiger partial charge in [-0.3, -0.25) is 14.7 Å². The maximum atomic E-state index is 15.2. The molecule has 0 aliphatic carbocycles. The van der Waals surface area contributed by atoms with Gasteiger partial charge in [0.25, 0.3) is 0 Å². The first-order valence-electron chi connectivity index (χ1n) is 16.1. The Balaban J connectivity index is 1.45. The van der Waals surface area contributed by atoms with Crippen molar-refractivity contribution in [2.45, 2.75) is 69.9 Å². The van der Waals surface area contributed by atoms with Crippen LogP contribution in [0.4, 0.5) is 46.0 Å². The molecule has 17 heteroatoms. The summed E-state index contributed by atoms with van der Waals surface area (Å²) in [5.74, 6) is -4.65. The van der Waals surface area contributed by atoms with E-state index in [1.807, 2.05) is 0 Å². The van der Waals surface area contributed by atoms with Gasteiger partial charge in [0.05, 0.1) is 43.4 Å². The van der Waals surface area contributed by atoms with Crippen molar-refractivity contribution in [1.82, 2.24) is 15.2 Å². The number of nitrogens with zero attached hydrogens (tertiary/aromatic N) is 2. The minimum absolute atomic E-state index is 0.00392. The molecule has 1 fully saturated rings. The summed E-state index contributed by atoms with van der Waals surface area (Å²) in [4.78, 5) is 43.3. The van der Waals surface area contributed by atoms with Gasteiger partial charge >= 0.3 is 18.4 Å². The fourth-order valence-corrected chi connectivity index (χ4v) is 5.43. The van der Waals surface area contributed by atoms with Gasteiger partial charge in [0, 0.05) is 24.0 Å². The van der Waals surface area contributed by atoms with Crippen molar-refractivity contribution in [3.63, 3.8) is 0 Å². The van der Waals surface area contributed by atoms with E-state index in [0.717, 1.165) is 30.5 Å². The summed E-state index contributed by atoms with van der Waals surface area (Å²) in [5.41, 5.74) is -0.367. The van der Waals surface area contributed by atoms with Crippen LogP contribution in [-0.2, 0) is 25.4 Å². The maximum absolute atomic E-state index is 15.2. The van der Waals surface area contributed by atoms with Crippen molar-refractivity contribution in [2.75, 3.05) is 31.6 Å². The highest BCUT2D eigenvalue weighted by atomic mass is 19.4. The number of amides is 3. The summed E-state index contributed by atoms with van der Waals surface area (Å²) >= 11 is 0. The zero-order valence-electron chi connectivity index (χ0n) is 28.4. The van der Waals surface area contributed by atoms with Crippen molar-refractivity contribution in [3.8, 4) is 0 Å². The highest BCUT2D eigenvalue weighted by Gasteiger charge is 2.36. The van der Waals surface area contributed by atoms with Crippen LogP contribution in [-0.4, -0.2) is 78.2 Å². The maximum Gasteiger partial charge on any atom is 0.410 e. The van der Waals surface area contributed by atoms with Gasteiger partial charge in [-0.2, -0.15) is 13.2 Å². The van der Waals surface area contributed by atoms with Crippen molar-refractivity contribution < 1.29 is 59.3 Å². The molecule has 3 atom stereocenters. The Morgan fingerprint density at radius 3 is 2.27 bits per heavy atom. The first-order valence-corrected chi connectivity index (χ1v) is 16.1. The average molecular weight is 743 g/mol. The van der Waals surface area contributed by atoms with Crippen LogP contribution in [0.1, 0.15) is 56.2 Å². The number of anilines is 1. The zero-order valence-corrected chi connectivity index (χ0v) is 28.4. The predicted octanol–water partition coefficient (Wildman–Crippen LogP) is 7.02. The van der Waals surface area contributed by atoms with Crippen LogP contribution in [0, 0.1) is 23.3 Å². The topological polar surface area (TPSA) is 119 Å². The van der Waals surface area contributed by atoms with E-state index in [4.69, 9.17) is 14.2 Å². The van der Waals surface area contributed by atoms with Gasteiger partial charge in [0.15, 0.2) is 0 Å². The lowest BCUT2D eigenvalue weighted by Gasteiger charge is -2.39. The minimum Gasteiger partial charge on any atom is -0.447 e. The minimum atomic E-state index is -4.66. The Morgan fingerprint density at radius 2 is 1.63 bits per heavy atom. The highest BCUT2D eigenvalue weighted by molar-refractivity contribution is 5.92. The number of alkyl carbamates (subject to hydrolysis) is 1. The number of hydrogen-bond acceptors (Lipinski definition) is 7. The molecule has 4 rings (SSSR count). The van der Waals surface area contributed by atoms with E-state index in [1.165, 1.54) is 23.2 Å². The van der Waals surface area contributed by atoms with Crippen molar-refractivity contribution in [3.05, 3.63) is 94.8 Å². The molecule has 2 N–H and O–H groups in total. The van der Waals surface area contributed by atoms with Crippen LogP contribution < -0.4 is 10.6 Å². The van der Waals surface area contributed by atoms with Gasteiger partial charge in [0.2, 0.25) is 5.91 Å². The van der Waals surface area contributed by atoms with Gasteiger partial charge in [-0.05, 0) is 69.0 Å². The van der Waals surface area contributed by atoms with E-state index in [2.05, 4.69) is 10.3 Å². The fraction of sp³-hybridized carbons (Fsp3) is 0.429. The van der Waals surface area contributed by atoms with E-state index in [1.54, 1.807) is 26.1 Å². The molecule has 0 bridgehead atoms. The second-order valence-corrected chi connectivity index (χ2v) is 13.1. The zero-order chi connectivity index (χ0) is 38.2. The second-order valence-electron chi connectivity index (χ2n) is 13.1. The third kappa shape index (κ3) is 12.1. The molecule has 1 aliphatic heterocycles. The second kappa shape index (κ2) is 17.1. The molecule has 3 aromatic rings. The molecule has 3 amide bonds. The molecule has 1 aromatic heterocycles. The molecule has 0 radical (unpaired) electrons. The standard InChI is InChI=1S/C35H37F7N4O6/c1-34(2,3)52-33(49)46-16-26(50-17-25(46)18-51-32(48)44-19-35(40,41)42)8-9-27-29(39)14-43-15-30(27)45-31(47)13-28(20-4-6-22(36)7-5-20)21-10-23(37)12-24(38)11-21/h4-7,10-12,14-15,25-26,28H,8-9,13,16-19H2,1-3H3,(H,44,48)(H,45,47)/t25-,26+,28-/m0/s1. The summed E-state index contributed by atoms with van der Waals surface area (Å²) in [5, 5.41) is 4.18. The van der Waals surface area contributed by atoms with Gasteiger partial charge in [0.1, 0.15) is 42.0 Å². The van der Waals surface area contributed by atoms with Crippen LogP contribution in [0.25, 0.3) is 0 Å². The molecule has 52 heavy (non-hydrogen) atoms. The van der Waals surface area contributed by atoms with Crippen LogP contribution in [0.15, 0.2) is 54.9 Å². The van der Waals surface area contributed by atoms with Crippen LogP contribution >= 0.6 is 0 Å². The highest BCUT2D eigenvalue weighted by Crippen LogP contribution is 2.31. The quantitative estimate of drug-likeness (QED) is 0.203. The van der Waals surface area contributed by atoms with Crippen molar-refractivity contribution >= 4 is 23.8 Å². The van der Waals surface area contributed by atoms with Crippen LogP contribution in [0.3, 0.4) is 0 Å². The third-order valence-corrected chi connectivity index (χ3v) is 7.78. The first kappa shape index (κ1) is 39.8. The van der Waals surface area contributed by atoms with E-state index in [-0.39, 0.29) is 49.2 Å². The number of nitrogens with one attached hydrogen (secondary N) is 2. The lowest BCUT2D eigenvalue weighted by atomic mass is 9.88. The van der Waals surface area contributed by atoms with E-state index < -0.39 is 84.4 Å². The summed E-state index contributed by atoms with van der Waals surface area (Å²) in [6.45, 7) is 2.43.